The Bertz CT molecular complexity index is 435. The van der Waals surface area contributed by atoms with Gasteiger partial charge in [-0.25, -0.2) is 9.59 Å². The Hall–Kier alpha value is -2.12. The van der Waals surface area contributed by atoms with Crippen molar-refractivity contribution in [2.45, 2.75) is 38.8 Å². The van der Waals surface area contributed by atoms with Crippen LogP contribution in [0.25, 0.3) is 0 Å². The van der Waals surface area contributed by atoms with Gasteiger partial charge in [0.2, 0.25) is 5.91 Å². The van der Waals surface area contributed by atoms with Gasteiger partial charge in [0.25, 0.3) is 5.91 Å². The van der Waals surface area contributed by atoms with E-state index in [2.05, 4.69) is 10.6 Å². The van der Waals surface area contributed by atoms with E-state index in [1.807, 2.05) is 13.8 Å². The second-order valence-corrected chi connectivity index (χ2v) is 5.19. The van der Waals surface area contributed by atoms with Crippen LogP contribution in [0.1, 0.15) is 26.7 Å². The SMILES string of the molecule is CC(C)C[C@@H](NC(=O)NC1CC(=O)N(C)C1=O)C(=O)O. The molecule has 8 nitrogen and oxygen atoms in total. The van der Waals surface area contributed by atoms with E-state index < -0.39 is 30.0 Å². The number of likely N-dealkylation sites (N-methyl/N-ethyl adjacent to an activating group) is 1. The van der Waals surface area contributed by atoms with Crippen molar-refractivity contribution < 1.29 is 24.3 Å². The average molecular weight is 285 g/mol. The number of urea groups is 1. The minimum atomic E-state index is -1.14. The van der Waals surface area contributed by atoms with Crippen LogP contribution in [-0.4, -0.2) is 53.0 Å². The summed E-state index contributed by atoms with van der Waals surface area (Å²) in [5, 5.41) is 13.6. The largest absolute Gasteiger partial charge is 0.480 e. The Morgan fingerprint density at radius 2 is 2.00 bits per heavy atom. The van der Waals surface area contributed by atoms with Gasteiger partial charge < -0.3 is 15.7 Å². The first kappa shape index (κ1) is 15.9. The second-order valence-electron chi connectivity index (χ2n) is 5.19. The zero-order valence-electron chi connectivity index (χ0n) is 11.7. The number of hydrogen-bond donors (Lipinski definition) is 3. The maximum Gasteiger partial charge on any atom is 0.326 e. The third-order valence-electron chi connectivity index (χ3n) is 3.00. The molecule has 3 N–H and O–H groups in total. The quantitative estimate of drug-likeness (QED) is 0.591. The molecular weight excluding hydrogens is 266 g/mol. The van der Waals surface area contributed by atoms with Gasteiger partial charge in [0.1, 0.15) is 12.1 Å². The van der Waals surface area contributed by atoms with Gasteiger partial charge in [-0.2, -0.15) is 0 Å². The van der Waals surface area contributed by atoms with Gasteiger partial charge in [-0.1, -0.05) is 13.8 Å². The van der Waals surface area contributed by atoms with Gasteiger partial charge in [-0.05, 0) is 12.3 Å². The lowest BCUT2D eigenvalue weighted by Gasteiger charge is -2.18. The smallest absolute Gasteiger partial charge is 0.326 e. The molecule has 0 aromatic rings. The number of carboxylic acids is 1. The van der Waals surface area contributed by atoms with Gasteiger partial charge in [0, 0.05) is 7.05 Å². The van der Waals surface area contributed by atoms with Crippen LogP contribution in [0.5, 0.6) is 0 Å². The normalized spacial score (nSPS) is 20.2. The molecule has 1 saturated heterocycles. The Morgan fingerprint density at radius 1 is 1.40 bits per heavy atom. The van der Waals surface area contributed by atoms with Crippen molar-refractivity contribution in [2.24, 2.45) is 5.92 Å². The molecule has 1 fully saturated rings. The summed E-state index contributed by atoms with van der Waals surface area (Å²) in [6, 6.07) is -2.72. The molecule has 2 atom stereocenters. The first-order chi connectivity index (χ1) is 9.22. The van der Waals surface area contributed by atoms with Gasteiger partial charge in [-0.15, -0.1) is 0 Å². The van der Waals surface area contributed by atoms with Crippen molar-refractivity contribution in [2.75, 3.05) is 7.05 Å². The second kappa shape index (κ2) is 6.36. The molecular formula is C12H19N3O5. The molecule has 1 unspecified atom stereocenters. The number of carbonyl (C=O) groups is 4. The van der Waals surface area contributed by atoms with Crippen LogP contribution >= 0.6 is 0 Å². The number of carboxylic acid groups (broad SMARTS) is 1. The summed E-state index contributed by atoms with van der Waals surface area (Å²) in [4.78, 5) is 46.5. The molecule has 1 aliphatic heterocycles. The highest BCUT2D eigenvalue weighted by molar-refractivity contribution is 6.06. The minimum Gasteiger partial charge on any atom is -0.480 e. The number of nitrogens with one attached hydrogen (secondary N) is 2. The number of likely N-dealkylation sites (tertiary alicyclic amines) is 1. The van der Waals surface area contributed by atoms with E-state index in [-0.39, 0.29) is 24.7 Å². The van der Waals surface area contributed by atoms with Crippen LogP contribution in [0.3, 0.4) is 0 Å². The van der Waals surface area contributed by atoms with Gasteiger partial charge in [0.05, 0.1) is 6.42 Å². The first-order valence-corrected chi connectivity index (χ1v) is 6.32. The molecule has 0 bridgehead atoms. The molecule has 0 aliphatic carbocycles. The van der Waals surface area contributed by atoms with Crippen molar-refractivity contribution in [1.82, 2.24) is 15.5 Å². The fraction of sp³-hybridized carbons (Fsp3) is 0.667. The van der Waals surface area contributed by atoms with Crippen LogP contribution < -0.4 is 10.6 Å². The Labute approximate surface area is 116 Å². The fourth-order valence-electron chi connectivity index (χ4n) is 1.92. The van der Waals surface area contributed by atoms with Gasteiger partial charge in [-0.3, -0.25) is 14.5 Å². The summed E-state index contributed by atoms with van der Waals surface area (Å²) < 4.78 is 0. The molecule has 1 rings (SSSR count). The summed E-state index contributed by atoms with van der Waals surface area (Å²) in [7, 11) is 1.34. The van der Waals surface area contributed by atoms with Crippen LogP contribution in [0, 0.1) is 5.92 Å². The molecule has 0 aromatic carbocycles. The number of imide groups is 1. The highest BCUT2D eigenvalue weighted by Gasteiger charge is 2.37. The minimum absolute atomic E-state index is 0.0947. The predicted octanol–water partition coefficient (Wildman–Crippen LogP) is -0.458. The number of carbonyl (C=O) groups excluding carboxylic acids is 3. The zero-order valence-corrected chi connectivity index (χ0v) is 11.7. The molecule has 1 heterocycles. The topological polar surface area (TPSA) is 116 Å². The number of rotatable bonds is 5. The Balaban J connectivity index is 2.56. The van der Waals surface area contributed by atoms with E-state index in [9.17, 15) is 19.2 Å². The summed E-state index contributed by atoms with van der Waals surface area (Å²) >= 11 is 0. The standard InChI is InChI=1S/C12H19N3O5/c1-6(2)4-8(11(18)19)14-12(20)13-7-5-9(16)15(3)10(7)17/h6-8H,4-5H2,1-3H3,(H,18,19)(H2,13,14,20)/t7?,8-/m1/s1. The summed E-state index contributed by atoms with van der Waals surface area (Å²) in [6.07, 6.45) is 0.171. The number of nitrogens with zero attached hydrogens (tertiary/aromatic N) is 1. The van der Waals surface area contributed by atoms with Gasteiger partial charge in [0.15, 0.2) is 0 Å². The molecule has 112 valence electrons. The lowest BCUT2D eigenvalue weighted by atomic mass is 10.0. The lowest BCUT2D eigenvalue weighted by molar-refractivity contribution is -0.139. The third-order valence-corrected chi connectivity index (χ3v) is 3.00. The first-order valence-electron chi connectivity index (χ1n) is 6.32. The average Bonchev–Trinajstić information content (AvgIpc) is 2.55. The van der Waals surface area contributed by atoms with Crippen LogP contribution in [0.15, 0.2) is 0 Å². The number of hydrogen-bond acceptors (Lipinski definition) is 4. The van der Waals surface area contributed by atoms with Crippen LogP contribution in [0.4, 0.5) is 4.79 Å². The molecule has 0 saturated carbocycles. The Morgan fingerprint density at radius 3 is 2.40 bits per heavy atom. The predicted molar refractivity (Wildman–Crippen MR) is 68.7 cm³/mol. The lowest BCUT2D eigenvalue weighted by Crippen LogP contribution is -2.51. The van der Waals surface area contributed by atoms with Crippen LogP contribution in [-0.2, 0) is 14.4 Å². The summed E-state index contributed by atoms with van der Waals surface area (Å²) in [5.41, 5.74) is 0. The maximum atomic E-state index is 11.7. The van der Waals surface area contributed by atoms with Gasteiger partial charge >= 0.3 is 12.0 Å². The molecule has 0 radical (unpaired) electrons. The van der Waals surface area contributed by atoms with Crippen molar-refractivity contribution >= 4 is 23.8 Å². The maximum absolute atomic E-state index is 11.7. The van der Waals surface area contributed by atoms with E-state index in [1.54, 1.807) is 0 Å². The number of amides is 4. The third kappa shape index (κ3) is 3.94. The highest BCUT2D eigenvalue weighted by Crippen LogP contribution is 2.10. The molecule has 4 amide bonds. The van der Waals surface area contributed by atoms with Crippen molar-refractivity contribution in [1.29, 1.82) is 0 Å². The van der Waals surface area contributed by atoms with E-state index in [0.717, 1.165) is 4.90 Å². The monoisotopic (exact) mass is 285 g/mol. The fourth-order valence-corrected chi connectivity index (χ4v) is 1.92. The van der Waals surface area contributed by atoms with Crippen LogP contribution in [0.2, 0.25) is 0 Å². The van der Waals surface area contributed by atoms with E-state index in [0.29, 0.717) is 0 Å². The van der Waals surface area contributed by atoms with Crippen molar-refractivity contribution in [3.63, 3.8) is 0 Å². The Kier molecular flexibility index (Phi) is 5.06. The van der Waals surface area contributed by atoms with E-state index in [4.69, 9.17) is 5.11 Å². The van der Waals surface area contributed by atoms with E-state index >= 15 is 0 Å². The summed E-state index contributed by atoms with van der Waals surface area (Å²) in [6.45, 7) is 3.67. The molecule has 20 heavy (non-hydrogen) atoms. The van der Waals surface area contributed by atoms with Crippen molar-refractivity contribution in [3.8, 4) is 0 Å². The molecule has 0 aromatic heterocycles. The molecule has 8 heteroatoms. The molecule has 1 aliphatic rings. The zero-order chi connectivity index (χ0) is 15.4. The molecule has 0 spiro atoms. The summed E-state index contributed by atoms with van der Waals surface area (Å²) in [5.74, 6) is -1.92. The van der Waals surface area contributed by atoms with E-state index in [1.165, 1.54) is 7.05 Å². The number of aliphatic carboxylic acids is 1. The van der Waals surface area contributed by atoms with Crippen molar-refractivity contribution in [3.05, 3.63) is 0 Å². The highest BCUT2D eigenvalue weighted by atomic mass is 16.4.